The summed E-state index contributed by atoms with van der Waals surface area (Å²) in [6.45, 7) is 0. The highest BCUT2D eigenvalue weighted by Gasteiger charge is 2.25. The zero-order chi connectivity index (χ0) is 26.3. The van der Waals surface area contributed by atoms with Crippen LogP contribution in [0.3, 0.4) is 0 Å². The van der Waals surface area contributed by atoms with Crippen LogP contribution in [0.15, 0.2) is 66.5 Å². The number of carbonyl (C=O) groups is 2. The van der Waals surface area contributed by atoms with Crippen molar-refractivity contribution in [1.82, 2.24) is 19.9 Å². The van der Waals surface area contributed by atoms with Gasteiger partial charge in [0, 0.05) is 40.4 Å². The number of nitrogens with zero attached hydrogens (tertiary/aromatic N) is 3. The highest BCUT2D eigenvalue weighted by Crippen LogP contribution is 2.35. The van der Waals surface area contributed by atoms with Crippen LogP contribution in [-0.4, -0.2) is 32.5 Å². The summed E-state index contributed by atoms with van der Waals surface area (Å²) in [7, 11) is 0. The van der Waals surface area contributed by atoms with Gasteiger partial charge in [0.25, 0.3) is 5.91 Å². The Morgan fingerprint density at radius 1 is 0.974 bits per heavy atom. The Bertz CT molecular complexity index is 1640. The summed E-state index contributed by atoms with van der Waals surface area (Å²) >= 11 is 0. The van der Waals surface area contributed by atoms with Crippen LogP contribution in [-0.2, 0) is 16.0 Å². The fourth-order valence-corrected chi connectivity index (χ4v) is 5.45. The number of anilines is 4. The molecule has 2 aromatic carbocycles. The molecule has 4 N–H and O–H groups in total. The van der Waals surface area contributed by atoms with Gasteiger partial charge in [0.1, 0.15) is 5.82 Å². The molecule has 7 rings (SSSR count). The first-order chi connectivity index (χ1) is 19.1. The molecule has 1 aliphatic heterocycles. The van der Waals surface area contributed by atoms with Crippen molar-refractivity contribution in [2.24, 2.45) is 0 Å². The minimum Gasteiger partial charge on any atom is -0.382 e. The highest BCUT2D eigenvalue weighted by molar-refractivity contribution is 6.15. The lowest BCUT2D eigenvalue weighted by Gasteiger charge is -2.27. The average molecular weight is 520 g/mol. The van der Waals surface area contributed by atoms with Crippen molar-refractivity contribution in [3.05, 3.63) is 83.2 Å². The first-order valence-electron chi connectivity index (χ1n) is 13.5. The van der Waals surface area contributed by atoms with Crippen LogP contribution < -0.4 is 21.3 Å². The van der Waals surface area contributed by atoms with Crippen LogP contribution in [0.2, 0.25) is 0 Å². The molecular formula is C30H29N7O2. The molecule has 2 aliphatic carbocycles. The zero-order valence-electron chi connectivity index (χ0n) is 21.4. The molecule has 1 saturated carbocycles. The van der Waals surface area contributed by atoms with Crippen LogP contribution in [0.1, 0.15) is 54.8 Å². The Hall–Kier alpha value is -4.66. The number of hydrogen-bond donors (Lipinski definition) is 4. The van der Waals surface area contributed by atoms with Crippen molar-refractivity contribution in [3.63, 3.8) is 0 Å². The van der Waals surface area contributed by atoms with Crippen molar-refractivity contribution in [3.8, 4) is 0 Å². The van der Waals surface area contributed by atoms with Crippen LogP contribution >= 0.6 is 0 Å². The van der Waals surface area contributed by atoms with E-state index in [0.29, 0.717) is 28.6 Å². The van der Waals surface area contributed by atoms with Crippen LogP contribution in [0.25, 0.3) is 11.7 Å². The van der Waals surface area contributed by atoms with Crippen molar-refractivity contribution in [1.29, 1.82) is 0 Å². The van der Waals surface area contributed by atoms with Crippen molar-refractivity contribution in [2.45, 2.75) is 50.6 Å². The van der Waals surface area contributed by atoms with Crippen LogP contribution in [0, 0.1) is 0 Å². The fourth-order valence-electron chi connectivity index (χ4n) is 5.45. The van der Waals surface area contributed by atoms with E-state index in [1.807, 2.05) is 12.3 Å². The third kappa shape index (κ3) is 4.95. The van der Waals surface area contributed by atoms with Gasteiger partial charge in [-0.2, -0.15) is 5.10 Å². The van der Waals surface area contributed by atoms with E-state index in [1.165, 1.54) is 30.4 Å². The number of rotatable bonds is 7. The first-order valence-corrected chi connectivity index (χ1v) is 13.5. The summed E-state index contributed by atoms with van der Waals surface area (Å²) in [6, 6.07) is 17.8. The summed E-state index contributed by atoms with van der Waals surface area (Å²) in [5, 5.41) is 17.6. The van der Waals surface area contributed by atoms with E-state index in [1.54, 1.807) is 16.8 Å². The standard InChI is InChI=1S/C30H29N7O2/c38-28-13-19(30(39)36-28)12-20-17-31-37-11-10-27(35-29(20)37)34-24-15-22(32-21-8-9-21)14-23(16-24)33-26-7-3-5-18-4-1-2-6-25(18)26/h1-2,4,6,10-12,14-17,21,26,32-33H,3,5,7-9,13H2,(H,34,35)(H,36,38,39)/b19-12-. The third-order valence-corrected chi connectivity index (χ3v) is 7.49. The molecule has 1 unspecified atom stereocenters. The molecule has 1 atom stereocenters. The normalized spacial score (nSPS) is 19.7. The third-order valence-electron chi connectivity index (χ3n) is 7.49. The summed E-state index contributed by atoms with van der Waals surface area (Å²) < 4.78 is 1.66. The maximum absolute atomic E-state index is 12.0. The van der Waals surface area contributed by atoms with Gasteiger partial charge in [-0.3, -0.25) is 14.9 Å². The molecule has 0 spiro atoms. The monoisotopic (exact) mass is 519 g/mol. The smallest absolute Gasteiger partial charge is 0.254 e. The van der Waals surface area contributed by atoms with E-state index in [-0.39, 0.29) is 24.3 Å². The number of carbonyl (C=O) groups excluding carboxylic acids is 2. The predicted octanol–water partition coefficient (Wildman–Crippen LogP) is 4.97. The van der Waals surface area contributed by atoms with Crippen molar-refractivity contribution >= 4 is 46.4 Å². The molecular weight excluding hydrogens is 490 g/mol. The molecule has 2 fully saturated rings. The van der Waals surface area contributed by atoms with Crippen molar-refractivity contribution in [2.75, 3.05) is 16.0 Å². The fraction of sp³-hybridized carbons (Fsp3) is 0.267. The second-order valence-electron chi connectivity index (χ2n) is 10.5. The molecule has 3 aliphatic rings. The summed E-state index contributed by atoms with van der Waals surface area (Å²) in [5.41, 5.74) is 7.55. The van der Waals surface area contributed by atoms with E-state index in [0.717, 1.165) is 29.9 Å². The number of hydrogen-bond acceptors (Lipinski definition) is 7. The minimum atomic E-state index is -0.366. The Balaban J connectivity index is 1.18. The maximum atomic E-state index is 12.0. The van der Waals surface area contributed by atoms with Gasteiger partial charge in [-0.1, -0.05) is 24.3 Å². The van der Waals surface area contributed by atoms with Gasteiger partial charge < -0.3 is 16.0 Å². The molecule has 2 aromatic heterocycles. The van der Waals surface area contributed by atoms with E-state index >= 15 is 0 Å². The number of aromatic nitrogens is 3. The highest BCUT2D eigenvalue weighted by atomic mass is 16.2. The van der Waals surface area contributed by atoms with E-state index in [4.69, 9.17) is 4.98 Å². The summed E-state index contributed by atoms with van der Waals surface area (Å²) in [6.07, 6.45) is 11.0. The molecule has 0 bridgehead atoms. The molecule has 1 saturated heterocycles. The molecule has 3 heterocycles. The Morgan fingerprint density at radius 3 is 2.62 bits per heavy atom. The van der Waals surface area contributed by atoms with Gasteiger partial charge in [0.2, 0.25) is 5.91 Å². The quantitative estimate of drug-likeness (QED) is 0.202. The number of amides is 2. The lowest BCUT2D eigenvalue weighted by Crippen LogP contribution is -2.19. The van der Waals surface area contributed by atoms with Gasteiger partial charge in [-0.05, 0) is 73.6 Å². The number of aryl methyl sites for hydroxylation is 1. The predicted molar refractivity (Wildman–Crippen MR) is 151 cm³/mol. The van der Waals surface area contributed by atoms with Gasteiger partial charge in [0.05, 0.1) is 18.7 Å². The Morgan fingerprint density at radius 2 is 1.79 bits per heavy atom. The minimum absolute atomic E-state index is 0.0656. The molecule has 0 radical (unpaired) electrons. The Labute approximate surface area is 225 Å². The Kier molecular flexibility index (Phi) is 5.76. The van der Waals surface area contributed by atoms with Crippen LogP contribution in [0.4, 0.5) is 22.9 Å². The molecule has 196 valence electrons. The average Bonchev–Trinajstić information content (AvgIpc) is 3.57. The van der Waals surface area contributed by atoms with Gasteiger partial charge in [0.15, 0.2) is 5.65 Å². The topological polar surface area (TPSA) is 112 Å². The zero-order valence-corrected chi connectivity index (χ0v) is 21.4. The van der Waals surface area contributed by atoms with E-state index < -0.39 is 0 Å². The van der Waals surface area contributed by atoms with Gasteiger partial charge in [-0.25, -0.2) is 9.50 Å². The first kappa shape index (κ1) is 23.5. The number of fused-ring (bicyclic) bond motifs is 2. The van der Waals surface area contributed by atoms with E-state index in [2.05, 4.69) is 68.8 Å². The lowest BCUT2D eigenvalue weighted by molar-refractivity contribution is -0.124. The SMILES string of the molecule is O=C1C/C(=C/c2cnn3ccc(Nc4cc(NC5CC5)cc(NC5CCCc6ccccc65)c4)nc23)C(=O)N1. The number of nitrogens with one attached hydrogen (secondary N) is 4. The largest absolute Gasteiger partial charge is 0.382 e. The van der Waals surface area contributed by atoms with Crippen molar-refractivity contribution < 1.29 is 9.59 Å². The van der Waals surface area contributed by atoms with Gasteiger partial charge in [-0.15, -0.1) is 0 Å². The molecule has 9 heteroatoms. The molecule has 4 aromatic rings. The lowest BCUT2D eigenvalue weighted by atomic mass is 9.87. The maximum Gasteiger partial charge on any atom is 0.254 e. The molecule has 9 nitrogen and oxygen atoms in total. The molecule has 2 amide bonds. The summed E-state index contributed by atoms with van der Waals surface area (Å²) in [5.74, 6) is 0.000200. The number of benzene rings is 2. The van der Waals surface area contributed by atoms with Gasteiger partial charge >= 0.3 is 0 Å². The molecule has 39 heavy (non-hydrogen) atoms. The number of imide groups is 1. The second kappa shape index (κ2) is 9.58. The second-order valence-corrected chi connectivity index (χ2v) is 10.5. The summed E-state index contributed by atoms with van der Waals surface area (Å²) in [4.78, 5) is 28.4. The van der Waals surface area contributed by atoms with E-state index in [9.17, 15) is 9.59 Å². The van der Waals surface area contributed by atoms with Crippen LogP contribution in [0.5, 0.6) is 0 Å².